The van der Waals surface area contributed by atoms with Gasteiger partial charge in [-0.1, -0.05) is 12.1 Å². The molecule has 0 aromatic heterocycles. The van der Waals surface area contributed by atoms with Crippen molar-refractivity contribution in [3.8, 4) is 0 Å². The molecule has 1 aromatic rings. The zero-order valence-electron chi connectivity index (χ0n) is 11.2. The van der Waals surface area contributed by atoms with E-state index in [-0.39, 0.29) is 16.8 Å². The lowest BCUT2D eigenvalue weighted by Gasteiger charge is -2.31. The van der Waals surface area contributed by atoms with Crippen molar-refractivity contribution in [1.29, 1.82) is 0 Å². The molecule has 1 amide bonds. The Hall–Kier alpha value is -0.920. The predicted molar refractivity (Wildman–Crippen MR) is 79.7 cm³/mol. The third kappa shape index (κ3) is 3.59. The van der Waals surface area contributed by atoms with Crippen LogP contribution < -0.4 is 4.72 Å². The second-order valence-electron chi connectivity index (χ2n) is 4.83. The van der Waals surface area contributed by atoms with E-state index >= 15 is 0 Å². The van der Waals surface area contributed by atoms with Crippen molar-refractivity contribution in [3.63, 3.8) is 0 Å². The van der Waals surface area contributed by atoms with E-state index in [1.54, 1.807) is 29.2 Å². The smallest absolute Gasteiger partial charge is 0.241 e. The van der Waals surface area contributed by atoms with Gasteiger partial charge in [-0.05, 0) is 40.9 Å². The molecule has 1 aliphatic rings. The molecule has 0 spiro atoms. The molecule has 0 radical (unpaired) electrons. The van der Waals surface area contributed by atoms with Crippen LogP contribution >= 0.6 is 15.9 Å². The van der Waals surface area contributed by atoms with E-state index in [2.05, 4.69) is 20.7 Å². The van der Waals surface area contributed by atoms with Crippen LogP contribution in [-0.4, -0.2) is 38.4 Å². The number of likely N-dealkylation sites (tertiary alicyclic amines) is 1. The number of carbonyl (C=O) groups excluding carboxylic acids is 1. The van der Waals surface area contributed by atoms with E-state index < -0.39 is 10.0 Å². The van der Waals surface area contributed by atoms with E-state index in [1.807, 2.05) is 0 Å². The molecule has 1 saturated heterocycles. The Morgan fingerprint density at radius 1 is 1.30 bits per heavy atom. The van der Waals surface area contributed by atoms with Gasteiger partial charge in [0, 0.05) is 30.5 Å². The van der Waals surface area contributed by atoms with Gasteiger partial charge in [0.25, 0.3) is 0 Å². The van der Waals surface area contributed by atoms with Gasteiger partial charge >= 0.3 is 0 Å². The summed E-state index contributed by atoms with van der Waals surface area (Å²) < 4.78 is 27.9. The largest absolute Gasteiger partial charge is 0.343 e. The van der Waals surface area contributed by atoms with Crippen molar-refractivity contribution in [2.45, 2.75) is 30.7 Å². The number of sulfonamides is 1. The molecule has 0 bridgehead atoms. The van der Waals surface area contributed by atoms with Crippen molar-refractivity contribution in [2.24, 2.45) is 0 Å². The number of benzene rings is 1. The fraction of sp³-hybridized carbons (Fsp3) is 0.462. The lowest BCUT2D eigenvalue weighted by Crippen LogP contribution is -2.45. The number of amides is 1. The highest BCUT2D eigenvalue weighted by atomic mass is 79.9. The van der Waals surface area contributed by atoms with E-state index in [9.17, 15) is 13.2 Å². The molecule has 0 aliphatic carbocycles. The third-order valence-corrected chi connectivity index (χ3v) is 5.92. The van der Waals surface area contributed by atoms with Crippen LogP contribution in [0.1, 0.15) is 19.8 Å². The van der Waals surface area contributed by atoms with Crippen molar-refractivity contribution in [2.75, 3.05) is 13.1 Å². The Kier molecular flexibility index (Phi) is 4.82. The molecule has 1 aromatic carbocycles. The fourth-order valence-electron chi connectivity index (χ4n) is 2.26. The summed E-state index contributed by atoms with van der Waals surface area (Å²) in [6.07, 6.45) is 1.28. The summed E-state index contributed by atoms with van der Waals surface area (Å²) >= 11 is 3.25. The molecule has 0 atom stereocenters. The molecule has 0 saturated carbocycles. The van der Waals surface area contributed by atoms with Gasteiger partial charge in [0.2, 0.25) is 15.9 Å². The molecular formula is C13H17BrN2O3S. The topological polar surface area (TPSA) is 66.5 Å². The van der Waals surface area contributed by atoms with Gasteiger partial charge in [-0.15, -0.1) is 0 Å². The molecule has 1 aliphatic heterocycles. The van der Waals surface area contributed by atoms with Crippen LogP contribution in [0.15, 0.2) is 33.6 Å². The summed E-state index contributed by atoms with van der Waals surface area (Å²) in [5.74, 6) is 0.0390. The molecule has 7 heteroatoms. The molecule has 1 N–H and O–H groups in total. The maximum atomic E-state index is 12.3. The van der Waals surface area contributed by atoms with Crippen molar-refractivity contribution in [1.82, 2.24) is 9.62 Å². The number of hydrogen-bond donors (Lipinski definition) is 1. The first-order valence-corrected chi connectivity index (χ1v) is 8.70. The number of carbonyl (C=O) groups is 1. The summed E-state index contributed by atoms with van der Waals surface area (Å²) in [5.41, 5.74) is 0. The molecule has 20 heavy (non-hydrogen) atoms. The van der Waals surface area contributed by atoms with Crippen LogP contribution in [0, 0.1) is 0 Å². The molecule has 2 rings (SSSR count). The molecule has 110 valence electrons. The Labute approximate surface area is 127 Å². The van der Waals surface area contributed by atoms with Crippen LogP contribution in [0.3, 0.4) is 0 Å². The number of nitrogens with one attached hydrogen (secondary N) is 1. The lowest BCUT2D eigenvalue weighted by atomic mass is 10.1. The van der Waals surface area contributed by atoms with Crippen LogP contribution in [-0.2, 0) is 14.8 Å². The minimum atomic E-state index is -3.53. The highest BCUT2D eigenvalue weighted by Gasteiger charge is 2.26. The number of piperidine rings is 1. The second-order valence-corrected chi connectivity index (χ2v) is 7.37. The van der Waals surface area contributed by atoms with E-state index in [4.69, 9.17) is 0 Å². The van der Waals surface area contributed by atoms with Gasteiger partial charge in [0.15, 0.2) is 0 Å². The van der Waals surface area contributed by atoms with Gasteiger partial charge < -0.3 is 4.90 Å². The van der Waals surface area contributed by atoms with Gasteiger partial charge in [-0.25, -0.2) is 13.1 Å². The van der Waals surface area contributed by atoms with Crippen LogP contribution in [0.5, 0.6) is 0 Å². The van der Waals surface area contributed by atoms with E-state index in [0.29, 0.717) is 30.4 Å². The maximum absolute atomic E-state index is 12.3. The third-order valence-electron chi connectivity index (χ3n) is 3.39. The minimum absolute atomic E-state index is 0.0390. The first kappa shape index (κ1) is 15.5. The highest BCUT2D eigenvalue weighted by molar-refractivity contribution is 9.10. The molecular weight excluding hydrogens is 344 g/mol. The first-order valence-electron chi connectivity index (χ1n) is 6.42. The number of nitrogens with zero attached hydrogens (tertiary/aromatic N) is 1. The Balaban J connectivity index is 2.04. The predicted octanol–water partition coefficient (Wildman–Crippen LogP) is 1.74. The molecule has 0 unspecified atom stereocenters. The van der Waals surface area contributed by atoms with Gasteiger partial charge in [0.05, 0.1) is 4.90 Å². The maximum Gasteiger partial charge on any atom is 0.241 e. The average molecular weight is 361 g/mol. The van der Waals surface area contributed by atoms with Crippen LogP contribution in [0.4, 0.5) is 0 Å². The summed E-state index contributed by atoms with van der Waals surface area (Å²) in [4.78, 5) is 13.2. The van der Waals surface area contributed by atoms with E-state index in [0.717, 1.165) is 0 Å². The normalized spacial score (nSPS) is 17.2. The van der Waals surface area contributed by atoms with Gasteiger partial charge in [-0.3, -0.25) is 4.79 Å². The number of hydrogen-bond acceptors (Lipinski definition) is 3. The molecule has 1 fully saturated rings. The zero-order valence-corrected chi connectivity index (χ0v) is 13.6. The standard InChI is InChI=1S/C13H17BrN2O3S/c1-10(17)16-8-6-11(7-9-16)15-20(18,19)13-5-3-2-4-12(13)14/h2-5,11,15H,6-9H2,1H3. The Bertz CT molecular complexity index is 595. The lowest BCUT2D eigenvalue weighted by molar-refractivity contribution is -0.129. The Morgan fingerprint density at radius 2 is 1.90 bits per heavy atom. The first-order chi connectivity index (χ1) is 9.40. The fourth-order valence-corrected chi connectivity index (χ4v) is 4.57. The number of rotatable bonds is 3. The van der Waals surface area contributed by atoms with Crippen molar-refractivity contribution < 1.29 is 13.2 Å². The summed E-state index contributed by atoms with van der Waals surface area (Å²) in [6, 6.07) is 6.61. The van der Waals surface area contributed by atoms with Crippen molar-refractivity contribution in [3.05, 3.63) is 28.7 Å². The van der Waals surface area contributed by atoms with Crippen LogP contribution in [0.2, 0.25) is 0 Å². The molecule has 1 heterocycles. The molecule has 5 nitrogen and oxygen atoms in total. The second kappa shape index (κ2) is 6.24. The van der Waals surface area contributed by atoms with Gasteiger partial charge in [-0.2, -0.15) is 0 Å². The van der Waals surface area contributed by atoms with E-state index in [1.165, 1.54) is 6.92 Å². The number of halogens is 1. The van der Waals surface area contributed by atoms with Crippen LogP contribution in [0.25, 0.3) is 0 Å². The van der Waals surface area contributed by atoms with Gasteiger partial charge in [0.1, 0.15) is 0 Å². The quantitative estimate of drug-likeness (QED) is 0.892. The summed E-state index contributed by atoms with van der Waals surface area (Å²) in [6.45, 7) is 2.72. The summed E-state index contributed by atoms with van der Waals surface area (Å²) in [5, 5.41) is 0. The Morgan fingerprint density at radius 3 is 2.45 bits per heavy atom. The minimum Gasteiger partial charge on any atom is -0.343 e. The monoisotopic (exact) mass is 360 g/mol. The average Bonchev–Trinajstić information content (AvgIpc) is 2.39. The SMILES string of the molecule is CC(=O)N1CCC(NS(=O)(=O)c2ccccc2Br)CC1. The summed E-state index contributed by atoms with van der Waals surface area (Å²) in [7, 11) is -3.53. The highest BCUT2D eigenvalue weighted by Crippen LogP contribution is 2.22. The zero-order chi connectivity index (χ0) is 14.8. The van der Waals surface area contributed by atoms with Crippen molar-refractivity contribution >= 4 is 31.9 Å².